The zero-order valence-corrected chi connectivity index (χ0v) is 4.91. The number of benzene rings is 1. The van der Waals surface area contributed by atoms with E-state index in [0.717, 1.165) is 0 Å². The summed E-state index contributed by atoms with van der Waals surface area (Å²) >= 11 is 0. The molecule has 2 aliphatic carbocycles. The molecule has 0 bridgehead atoms. The van der Waals surface area contributed by atoms with Crippen LogP contribution in [-0.4, -0.2) is 17.7 Å². The minimum Gasteiger partial charge on any atom is -0.430 e. The average Bonchev–Trinajstić information content (AvgIpc) is 1.81. The Morgan fingerprint density at radius 3 is 1.11 bits per heavy atom. The van der Waals surface area contributed by atoms with Gasteiger partial charge in [-0.25, -0.2) is 0 Å². The molecule has 2 aliphatic rings. The van der Waals surface area contributed by atoms with E-state index in [9.17, 15) is 0 Å². The molecule has 9 heavy (non-hydrogen) atoms. The molecule has 0 saturated heterocycles. The van der Waals surface area contributed by atoms with Gasteiger partial charge in [0.05, 0.1) is 0 Å². The third-order valence-electron chi connectivity index (χ3n) is 1.22. The molecule has 0 aromatic carbocycles. The Kier molecular flexibility index (Phi) is 1.87. The maximum absolute atomic E-state index is 7.12. The van der Waals surface area contributed by atoms with Gasteiger partial charge in [-0.1, -0.05) is 24.3 Å². The third kappa shape index (κ3) is 1.12. The van der Waals surface area contributed by atoms with E-state index in [4.69, 9.17) is 10.0 Å². The van der Waals surface area contributed by atoms with Gasteiger partial charge < -0.3 is 10.0 Å². The molecule has 0 spiro atoms. The van der Waals surface area contributed by atoms with Gasteiger partial charge in [0.1, 0.15) is 0 Å². The van der Waals surface area contributed by atoms with Crippen LogP contribution in [0.3, 0.4) is 0 Å². The van der Waals surface area contributed by atoms with Crippen molar-refractivity contribution in [2.24, 2.45) is 0 Å². The van der Waals surface area contributed by atoms with Crippen molar-refractivity contribution >= 4 is 7.69 Å². The largest absolute Gasteiger partial charge is 0.432 e. The van der Waals surface area contributed by atoms with Crippen molar-refractivity contribution < 1.29 is 10.0 Å². The number of fused-ring (bicyclic) bond motifs is 1. The van der Waals surface area contributed by atoms with E-state index in [1.54, 1.807) is 0 Å². The van der Waals surface area contributed by atoms with Crippen molar-refractivity contribution in [2.75, 3.05) is 0 Å². The van der Waals surface area contributed by atoms with Crippen LogP contribution in [0.5, 0.6) is 0 Å². The van der Waals surface area contributed by atoms with Gasteiger partial charge >= 0.3 is 7.69 Å². The van der Waals surface area contributed by atoms with Crippen LogP contribution in [0.4, 0.5) is 0 Å². The standard InChI is InChI=1S/C6H4.BH3O2/c1-2-6-4-3-5(1)6;2-1-3/h1-4H;1-3H. The molecule has 0 atom stereocenters. The molecule has 0 aromatic rings. The van der Waals surface area contributed by atoms with Crippen LogP contribution >= 0.6 is 0 Å². The molecule has 46 valence electrons. The SMILES string of the molecule is OBO.c1cc2ccc1-2. The first kappa shape index (κ1) is 6.33. The lowest BCUT2D eigenvalue weighted by Crippen LogP contribution is -1.85. The van der Waals surface area contributed by atoms with Gasteiger partial charge in [0.2, 0.25) is 0 Å². The van der Waals surface area contributed by atoms with Gasteiger partial charge in [-0.3, -0.25) is 0 Å². The minimum absolute atomic E-state index is 0.750. The van der Waals surface area contributed by atoms with E-state index in [1.165, 1.54) is 11.1 Å². The number of hydrogen-bond acceptors (Lipinski definition) is 2. The monoisotopic (exact) mass is 122 g/mol. The summed E-state index contributed by atoms with van der Waals surface area (Å²) in [7, 11) is -0.750. The topological polar surface area (TPSA) is 40.5 Å². The molecular weight excluding hydrogens is 115 g/mol. The Balaban J connectivity index is 0.000000120. The fraction of sp³-hybridized carbons (Fsp3) is 0. The Bertz CT molecular complexity index is 162. The van der Waals surface area contributed by atoms with E-state index < -0.39 is 7.69 Å². The maximum Gasteiger partial charge on any atom is 0.432 e. The zero-order valence-electron chi connectivity index (χ0n) is 4.91. The van der Waals surface area contributed by atoms with Gasteiger partial charge in [0, 0.05) is 0 Å². The van der Waals surface area contributed by atoms with Crippen molar-refractivity contribution in [3.63, 3.8) is 0 Å². The molecule has 0 saturated carbocycles. The van der Waals surface area contributed by atoms with E-state index in [1.807, 2.05) is 0 Å². The molecule has 0 unspecified atom stereocenters. The molecular formula is C6H7BO2. The zero-order chi connectivity index (χ0) is 6.69. The van der Waals surface area contributed by atoms with Crippen molar-refractivity contribution in [1.82, 2.24) is 0 Å². The van der Waals surface area contributed by atoms with E-state index in [0.29, 0.717) is 0 Å². The lowest BCUT2D eigenvalue weighted by molar-refractivity contribution is 0.448. The summed E-state index contributed by atoms with van der Waals surface area (Å²) in [5.41, 5.74) is 2.85. The van der Waals surface area contributed by atoms with Crippen LogP contribution in [0.2, 0.25) is 0 Å². The molecule has 3 heteroatoms. The molecule has 0 aromatic heterocycles. The van der Waals surface area contributed by atoms with Crippen molar-refractivity contribution in [3.05, 3.63) is 24.3 Å². The van der Waals surface area contributed by atoms with Crippen molar-refractivity contribution in [2.45, 2.75) is 0 Å². The summed E-state index contributed by atoms with van der Waals surface area (Å²) < 4.78 is 0. The lowest BCUT2D eigenvalue weighted by atomic mass is 9.95. The molecule has 0 aliphatic heterocycles. The highest BCUT2D eigenvalue weighted by molar-refractivity contribution is 6.13. The van der Waals surface area contributed by atoms with Gasteiger partial charge in [-0.05, 0) is 11.1 Å². The van der Waals surface area contributed by atoms with Gasteiger partial charge in [0.25, 0.3) is 0 Å². The quantitative estimate of drug-likeness (QED) is 0.479. The molecule has 2 N–H and O–H groups in total. The van der Waals surface area contributed by atoms with Crippen molar-refractivity contribution in [1.29, 1.82) is 0 Å². The van der Waals surface area contributed by atoms with Gasteiger partial charge in [-0.2, -0.15) is 0 Å². The Morgan fingerprint density at radius 2 is 1.11 bits per heavy atom. The number of hydrogen-bond donors (Lipinski definition) is 2. The number of rotatable bonds is 0. The lowest BCUT2D eigenvalue weighted by Gasteiger charge is -2.10. The first-order valence-electron chi connectivity index (χ1n) is 2.70. The summed E-state index contributed by atoms with van der Waals surface area (Å²) in [5.74, 6) is 0. The minimum atomic E-state index is -0.750. The Hall–Kier alpha value is -0.795. The summed E-state index contributed by atoms with van der Waals surface area (Å²) in [6.07, 6.45) is 0. The second kappa shape index (κ2) is 2.66. The summed E-state index contributed by atoms with van der Waals surface area (Å²) in [4.78, 5) is 0. The molecule has 2 rings (SSSR count). The molecule has 0 heterocycles. The van der Waals surface area contributed by atoms with E-state index in [-0.39, 0.29) is 0 Å². The van der Waals surface area contributed by atoms with Gasteiger partial charge in [0.15, 0.2) is 0 Å². The average molecular weight is 122 g/mol. The molecule has 2 nitrogen and oxygen atoms in total. The van der Waals surface area contributed by atoms with Gasteiger partial charge in [-0.15, -0.1) is 0 Å². The van der Waals surface area contributed by atoms with Crippen LogP contribution < -0.4 is 0 Å². The van der Waals surface area contributed by atoms with Crippen LogP contribution in [-0.2, 0) is 0 Å². The van der Waals surface area contributed by atoms with Crippen molar-refractivity contribution in [3.8, 4) is 11.1 Å². The molecule has 0 radical (unpaired) electrons. The van der Waals surface area contributed by atoms with Crippen LogP contribution in [0.15, 0.2) is 24.3 Å². The fourth-order valence-electron chi connectivity index (χ4n) is 0.663. The summed E-state index contributed by atoms with van der Waals surface area (Å²) in [6, 6.07) is 8.48. The Labute approximate surface area is 54.1 Å². The van der Waals surface area contributed by atoms with Crippen LogP contribution in [0, 0.1) is 0 Å². The first-order chi connectivity index (χ1) is 4.38. The third-order valence-corrected chi connectivity index (χ3v) is 1.22. The molecule has 0 fully saturated rings. The maximum atomic E-state index is 7.12. The fourth-order valence-corrected chi connectivity index (χ4v) is 0.663. The normalized spacial score (nSPS) is 9.11. The second-order valence-electron chi connectivity index (χ2n) is 1.72. The van der Waals surface area contributed by atoms with E-state index >= 15 is 0 Å². The van der Waals surface area contributed by atoms with E-state index in [2.05, 4.69) is 24.3 Å². The second-order valence-corrected chi connectivity index (χ2v) is 1.72. The van der Waals surface area contributed by atoms with Crippen LogP contribution in [0.1, 0.15) is 0 Å². The summed E-state index contributed by atoms with van der Waals surface area (Å²) in [6.45, 7) is 0. The highest BCUT2D eigenvalue weighted by Crippen LogP contribution is 2.29. The highest BCUT2D eigenvalue weighted by atomic mass is 16.4. The predicted molar refractivity (Wildman–Crippen MR) is 37.0 cm³/mol. The van der Waals surface area contributed by atoms with Crippen LogP contribution in [0.25, 0.3) is 11.1 Å². The highest BCUT2D eigenvalue weighted by Gasteiger charge is 2.03. The smallest absolute Gasteiger partial charge is 0.430 e. The first-order valence-corrected chi connectivity index (χ1v) is 2.70. The predicted octanol–water partition coefficient (Wildman–Crippen LogP) is -0.0955. The summed E-state index contributed by atoms with van der Waals surface area (Å²) in [5, 5.41) is 14.2. The Morgan fingerprint density at radius 1 is 0.889 bits per heavy atom. The molecule has 0 amide bonds.